The molecule has 0 saturated carbocycles. The molecule has 1 N–H and O–H groups in total. The molecule has 0 radical (unpaired) electrons. The summed E-state index contributed by atoms with van der Waals surface area (Å²) >= 11 is 1.50. The Balaban J connectivity index is 1.37. The second kappa shape index (κ2) is 8.94. The molecule has 8 nitrogen and oxygen atoms in total. The highest BCUT2D eigenvalue weighted by Gasteiger charge is 2.24. The van der Waals surface area contributed by atoms with Crippen molar-refractivity contribution < 1.29 is 22.1 Å². The number of H-pyrrole nitrogens is 1. The van der Waals surface area contributed by atoms with Gasteiger partial charge in [0.05, 0.1) is 5.39 Å². The maximum absolute atomic E-state index is 12.9. The molecule has 1 aliphatic rings. The van der Waals surface area contributed by atoms with Gasteiger partial charge >= 0.3 is 16.1 Å². The number of esters is 1. The zero-order valence-electron chi connectivity index (χ0n) is 19.1. The van der Waals surface area contributed by atoms with Gasteiger partial charge in [-0.05, 0) is 68.0 Å². The van der Waals surface area contributed by atoms with E-state index in [1.807, 2.05) is 0 Å². The fourth-order valence-corrected chi connectivity index (χ4v) is 6.72. The Morgan fingerprint density at radius 3 is 2.77 bits per heavy atom. The van der Waals surface area contributed by atoms with Crippen LogP contribution >= 0.6 is 11.3 Å². The van der Waals surface area contributed by atoms with Crippen LogP contribution in [0.4, 0.5) is 0 Å². The molecule has 10 heteroatoms. The van der Waals surface area contributed by atoms with E-state index in [4.69, 9.17) is 8.92 Å². The van der Waals surface area contributed by atoms with Crippen molar-refractivity contribution in [1.29, 1.82) is 0 Å². The van der Waals surface area contributed by atoms with Gasteiger partial charge in [-0.25, -0.2) is 9.78 Å². The standard InChI is InChI=1S/C25H22N2O6S2/c1-14-10-11-15(2)20(12-14)35(30,31)33-18-8-4-3-6-16(18)25(29)32-13-21-26-23(28)22-17-7-5-9-19(17)34-24(22)27-21/h3-4,6,8,10-12H,5,7,9,13H2,1-2H3,(H,26,27,28). The monoisotopic (exact) mass is 510 g/mol. The summed E-state index contributed by atoms with van der Waals surface area (Å²) in [5, 5.41) is 0.618. The zero-order valence-corrected chi connectivity index (χ0v) is 20.7. The quantitative estimate of drug-likeness (QED) is 0.305. The molecule has 5 rings (SSSR count). The first-order valence-electron chi connectivity index (χ1n) is 11.0. The summed E-state index contributed by atoms with van der Waals surface area (Å²) in [6.07, 6.45) is 2.86. The molecule has 0 spiro atoms. The van der Waals surface area contributed by atoms with Gasteiger partial charge in [-0.3, -0.25) is 4.79 Å². The van der Waals surface area contributed by atoms with Crippen molar-refractivity contribution in [3.8, 4) is 5.75 Å². The predicted molar refractivity (Wildman–Crippen MR) is 132 cm³/mol. The number of ether oxygens (including phenoxy) is 1. The summed E-state index contributed by atoms with van der Waals surface area (Å²) in [4.78, 5) is 34.4. The molecular formula is C25H22N2O6S2. The van der Waals surface area contributed by atoms with Crippen molar-refractivity contribution in [3.05, 3.63) is 85.8 Å². The van der Waals surface area contributed by atoms with E-state index in [2.05, 4.69) is 9.97 Å². The third kappa shape index (κ3) is 4.46. The van der Waals surface area contributed by atoms with E-state index in [-0.39, 0.29) is 34.2 Å². The van der Waals surface area contributed by atoms with Crippen LogP contribution in [0, 0.1) is 13.8 Å². The van der Waals surface area contributed by atoms with Gasteiger partial charge in [-0.2, -0.15) is 8.42 Å². The van der Waals surface area contributed by atoms with Crippen LogP contribution in [0.15, 0.2) is 52.2 Å². The highest BCUT2D eigenvalue weighted by atomic mass is 32.2. The topological polar surface area (TPSA) is 115 Å². The molecule has 0 fully saturated rings. The largest absolute Gasteiger partial charge is 0.454 e. The molecule has 0 unspecified atom stereocenters. The molecule has 35 heavy (non-hydrogen) atoms. The summed E-state index contributed by atoms with van der Waals surface area (Å²) in [6, 6.07) is 11.0. The van der Waals surface area contributed by atoms with Gasteiger partial charge in [0.2, 0.25) is 0 Å². The van der Waals surface area contributed by atoms with E-state index < -0.39 is 16.1 Å². The lowest BCUT2D eigenvalue weighted by atomic mass is 10.2. The third-order valence-corrected chi connectivity index (χ3v) is 8.45. The van der Waals surface area contributed by atoms with Gasteiger partial charge in [0, 0.05) is 4.88 Å². The highest BCUT2D eigenvalue weighted by molar-refractivity contribution is 7.87. The number of rotatable bonds is 6. The molecular weight excluding hydrogens is 488 g/mol. The Morgan fingerprint density at radius 1 is 1.14 bits per heavy atom. The number of benzene rings is 2. The minimum absolute atomic E-state index is 0.0265. The summed E-state index contributed by atoms with van der Waals surface area (Å²) in [7, 11) is -4.18. The lowest BCUT2D eigenvalue weighted by molar-refractivity contribution is 0.0460. The third-order valence-electron chi connectivity index (χ3n) is 5.88. The van der Waals surface area contributed by atoms with Crippen molar-refractivity contribution in [1.82, 2.24) is 9.97 Å². The lowest BCUT2D eigenvalue weighted by Crippen LogP contribution is -2.16. The van der Waals surface area contributed by atoms with Gasteiger partial charge in [0.15, 0.2) is 5.75 Å². The predicted octanol–water partition coefficient (Wildman–Crippen LogP) is 4.21. The maximum Gasteiger partial charge on any atom is 0.342 e. The van der Waals surface area contributed by atoms with Gasteiger partial charge in [-0.1, -0.05) is 24.3 Å². The van der Waals surface area contributed by atoms with Crippen molar-refractivity contribution in [3.63, 3.8) is 0 Å². The lowest BCUT2D eigenvalue weighted by Gasteiger charge is -2.13. The fourth-order valence-electron chi connectivity index (χ4n) is 4.17. The number of hydrogen-bond acceptors (Lipinski definition) is 8. The van der Waals surface area contributed by atoms with Crippen LogP contribution in [0.3, 0.4) is 0 Å². The van der Waals surface area contributed by atoms with E-state index in [1.165, 1.54) is 34.4 Å². The number of hydrogen-bond donors (Lipinski definition) is 1. The number of nitrogens with zero attached hydrogens (tertiary/aromatic N) is 1. The molecule has 0 amide bonds. The van der Waals surface area contributed by atoms with E-state index in [9.17, 15) is 18.0 Å². The summed E-state index contributed by atoms with van der Waals surface area (Å²) in [5.41, 5.74) is 2.06. The number of aryl methyl sites for hydroxylation is 4. The molecule has 0 atom stereocenters. The minimum Gasteiger partial charge on any atom is -0.454 e. The first kappa shape index (κ1) is 23.3. The van der Waals surface area contributed by atoms with Crippen LogP contribution in [0.25, 0.3) is 10.2 Å². The van der Waals surface area contributed by atoms with E-state index in [0.717, 1.165) is 30.4 Å². The van der Waals surface area contributed by atoms with Crippen LogP contribution in [0.1, 0.15) is 44.2 Å². The molecule has 0 aliphatic heterocycles. The first-order chi connectivity index (χ1) is 16.7. The number of nitrogens with one attached hydrogen (secondary N) is 1. The number of aromatic nitrogens is 2. The Kier molecular flexibility index (Phi) is 5.94. The number of carbonyl (C=O) groups excluding carboxylic acids is 1. The molecule has 1 aliphatic carbocycles. The number of para-hydroxylation sites is 1. The molecule has 180 valence electrons. The van der Waals surface area contributed by atoms with E-state index in [0.29, 0.717) is 15.8 Å². The van der Waals surface area contributed by atoms with Crippen LogP contribution in [-0.2, 0) is 34.3 Å². The second-order valence-electron chi connectivity index (χ2n) is 8.43. The summed E-state index contributed by atoms with van der Waals surface area (Å²) < 4.78 is 36.6. The van der Waals surface area contributed by atoms with Crippen molar-refractivity contribution in [2.24, 2.45) is 0 Å². The van der Waals surface area contributed by atoms with Gasteiger partial charge in [0.1, 0.15) is 27.7 Å². The number of fused-ring (bicyclic) bond motifs is 3. The van der Waals surface area contributed by atoms with Crippen LogP contribution in [0.2, 0.25) is 0 Å². The van der Waals surface area contributed by atoms with E-state index in [1.54, 1.807) is 38.1 Å². The van der Waals surface area contributed by atoms with Gasteiger partial charge < -0.3 is 13.9 Å². The smallest absolute Gasteiger partial charge is 0.342 e. The maximum atomic E-state index is 12.9. The van der Waals surface area contributed by atoms with Crippen molar-refractivity contribution >= 4 is 37.6 Å². The van der Waals surface area contributed by atoms with E-state index >= 15 is 0 Å². The Morgan fingerprint density at radius 2 is 1.94 bits per heavy atom. The van der Waals surface area contributed by atoms with Crippen LogP contribution in [-0.4, -0.2) is 24.4 Å². The average molecular weight is 511 g/mol. The number of thiophene rings is 1. The molecule has 2 aromatic carbocycles. The normalized spacial score (nSPS) is 13.1. The molecule has 0 saturated heterocycles. The second-order valence-corrected chi connectivity index (χ2v) is 11.0. The number of carbonyl (C=O) groups is 1. The van der Waals surface area contributed by atoms with Crippen LogP contribution in [0.5, 0.6) is 5.75 Å². The first-order valence-corrected chi connectivity index (χ1v) is 13.3. The molecule has 2 heterocycles. The molecule has 4 aromatic rings. The zero-order chi connectivity index (χ0) is 24.7. The molecule has 0 bridgehead atoms. The Hall–Kier alpha value is -3.50. The average Bonchev–Trinajstić information content (AvgIpc) is 3.40. The Labute approximate surface area is 205 Å². The van der Waals surface area contributed by atoms with Crippen LogP contribution < -0.4 is 9.74 Å². The SMILES string of the molecule is Cc1ccc(C)c(S(=O)(=O)Oc2ccccc2C(=O)OCc2nc3sc4c(c3c(=O)[nH]2)CCC4)c1. The summed E-state index contributed by atoms with van der Waals surface area (Å²) in [6.45, 7) is 3.18. The highest BCUT2D eigenvalue weighted by Crippen LogP contribution is 2.34. The van der Waals surface area contributed by atoms with Crippen molar-refractivity contribution in [2.45, 2.75) is 44.6 Å². The van der Waals surface area contributed by atoms with Crippen molar-refractivity contribution in [2.75, 3.05) is 0 Å². The fraction of sp³-hybridized carbons (Fsp3) is 0.240. The number of aromatic amines is 1. The van der Waals surface area contributed by atoms with Gasteiger partial charge in [0.25, 0.3) is 5.56 Å². The summed E-state index contributed by atoms with van der Waals surface area (Å²) in [5.74, 6) is -0.727. The molecule has 2 aromatic heterocycles. The minimum atomic E-state index is -4.18. The Bertz CT molecular complexity index is 1640. The van der Waals surface area contributed by atoms with Gasteiger partial charge in [-0.15, -0.1) is 11.3 Å².